The van der Waals surface area contributed by atoms with Crippen molar-refractivity contribution in [3.05, 3.63) is 64.5 Å². The molecule has 2 N–H and O–H groups in total. The lowest BCUT2D eigenvalue weighted by Crippen LogP contribution is -2.15. The van der Waals surface area contributed by atoms with Gasteiger partial charge in [-0.2, -0.15) is 0 Å². The van der Waals surface area contributed by atoms with Crippen molar-refractivity contribution in [2.45, 2.75) is 6.42 Å². The van der Waals surface area contributed by atoms with E-state index < -0.39 is 0 Å². The summed E-state index contributed by atoms with van der Waals surface area (Å²) in [5.74, 6) is -0.402. The molecule has 0 saturated heterocycles. The maximum atomic E-state index is 12.0. The Morgan fingerprint density at radius 1 is 1.21 bits per heavy atom. The molecule has 0 aliphatic carbocycles. The first-order valence-corrected chi connectivity index (χ1v) is 8.20. The number of hydrogen-bond acceptors (Lipinski definition) is 5. The van der Waals surface area contributed by atoms with E-state index in [4.69, 9.17) is 16.0 Å². The van der Waals surface area contributed by atoms with Gasteiger partial charge in [0.05, 0.1) is 18.4 Å². The van der Waals surface area contributed by atoms with Crippen LogP contribution < -0.4 is 10.6 Å². The lowest BCUT2D eigenvalue weighted by Gasteiger charge is -2.04. The van der Waals surface area contributed by atoms with E-state index >= 15 is 0 Å². The molecular weight excluding hydrogens is 350 g/mol. The molecule has 0 bridgehead atoms. The second kappa shape index (κ2) is 7.29. The van der Waals surface area contributed by atoms with Crippen LogP contribution in [0.2, 0.25) is 5.02 Å². The molecule has 0 radical (unpaired) electrons. The van der Waals surface area contributed by atoms with Crippen LogP contribution in [0, 0.1) is 0 Å². The molecule has 2 amide bonds. The molecule has 122 valence electrons. The average molecular weight is 362 g/mol. The third kappa shape index (κ3) is 4.21. The number of aromatic nitrogens is 1. The summed E-state index contributed by atoms with van der Waals surface area (Å²) in [5, 5.41) is 8.03. The standard InChI is InChI=1S/C16H12ClN3O3S/c17-10-3-1-4-11(7-10)18-14(21)8-12-9-24-16(19-12)20-15(22)13-5-2-6-23-13/h1-7,9H,8H2,(H,18,21)(H,19,20,22). The molecule has 3 rings (SSSR count). The predicted molar refractivity (Wildman–Crippen MR) is 92.6 cm³/mol. The zero-order chi connectivity index (χ0) is 16.9. The Morgan fingerprint density at radius 3 is 2.83 bits per heavy atom. The molecule has 24 heavy (non-hydrogen) atoms. The average Bonchev–Trinajstić information content (AvgIpc) is 3.19. The fourth-order valence-electron chi connectivity index (χ4n) is 1.95. The number of furan rings is 1. The van der Waals surface area contributed by atoms with Gasteiger partial charge in [-0.25, -0.2) is 4.98 Å². The zero-order valence-corrected chi connectivity index (χ0v) is 13.9. The van der Waals surface area contributed by atoms with E-state index in [-0.39, 0.29) is 24.0 Å². The first kappa shape index (κ1) is 16.2. The van der Waals surface area contributed by atoms with Gasteiger partial charge in [-0.1, -0.05) is 17.7 Å². The molecular formula is C16H12ClN3O3S. The van der Waals surface area contributed by atoms with Gasteiger partial charge in [0.15, 0.2) is 10.9 Å². The summed E-state index contributed by atoms with van der Waals surface area (Å²) in [5.41, 5.74) is 1.18. The number of halogens is 1. The lowest BCUT2D eigenvalue weighted by atomic mass is 10.3. The SMILES string of the molecule is O=C(Cc1csc(NC(=O)c2ccco2)n1)Nc1cccc(Cl)c1. The van der Waals surface area contributed by atoms with Gasteiger partial charge in [0.25, 0.3) is 5.91 Å². The van der Waals surface area contributed by atoms with Crippen molar-refractivity contribution >= 4 is 45.6 Å². The Labute approximate surface area is 146 Å². The largest absolute Gasteiger partial charge is 0.459 e. The van der Waals surface area contributed by atoms with Crippen LogP contribution in [-0.2, 0) is 11.2 Å². The summed E-state index contributed by atoms with van der Waals surface area (Å²) in [6, 6.07) is 10.1. The van der Waals surface area contributed by atoms with Crippen LogP contribution in [0.1, 0.15) is 16.2 Å². The van der Waals surface area contributed by atoms with Crippen LogP contribution in [0.5, 0.6) is 0 Å². The molecule has 0 fully saturated rings. The van der Waals surface area contributed by atoms with Gasteiger partial charge in [0.1, 0.15) is 0 Å². The Morgan fingerprint density at radius 2 is 2.08 bits per heavy atom. The fraction of sp³-hybridized carbons (Fsp3) is 0.0625. The van der Waals surface area contributed by atoms with Crippen LogP contribution in [0.3, 0.4) is 0 Å². The molecule has 2 aromatic heterocycles. The number of rotatable bonds is 5. The Hall–Kier alpha value is -2.64. The summed E-state index contributed by atoms with van der Waals surface area (Å²) in [4.78, 5) is 28.1. The van der Waals surface area contributed by atoms with Crippen molar-refractivity contribution in [1.82, 2.24) is 4.98 Å². The fourth-order valence-corrected chi connectivity index (χ4v) is 2.84. The zero-order valence-electron chi connectivity index (χ0n) is 12.3. The van der Waals surface area contributed by atoms with E-state index in [2.05, 4.69) is 15.6 Å². The van der Waals surface area contributed by atoms with Crippen molar-refractivity contribution in [2.75, 3.05) is 10.6 Å². The number of amides is 2. The third-order valence-corrected chi connectivity index (χ3v) is 4.01. The van der Waals surface area contributed by atoms with Crippen molar-refractivity contribution in [2.24, 2.45) is 0 Å². The van der Waals surface area contributed by atoms with Gasteiger partial charge in [-0.05, 0) is 30.3 Å². The first-order valence-electron chi connectivity index (χ1n) is 6.95. The van der Waals surface area contributed by atoms with Crippen molar-refractivity contribution in [3.8, 4) is 0 Å². The Bertz CT molecular complexity index is 861. The summed E-state index contributed by atoms with van der Waals surface area (Å²) in [6.07, 6.45) is 1.52. The van der Waals surface area contributed by atoms with Crippen LogP contribution >= 0.6 is 22.9 Å². The summed E-state index contributed by atoms with van der Waals surface area (Å²) < 4.78 is 5.00. The number of nitrogens with zero attached hydrogens (tertiary/aromatic N) is 1. The molecule has 3 aromatic rings. The van der Waals surface area contributed by atoms with Crippen molar-refractivity contribution in [1.29, 1.82) is 0 Å². The minimum atomic E-state index is -0.385. The van der Waals surface area contributed by atoms with Gasteiger partial charge in [0.2, 0.25) is 5.91 Å². The normalized spacial score (nSPS) is 10.4. The molecule has 0 saturated carbocycles. The van der Waals surface area contributed by atoms with E-state index in [1.807, 2.05) is 0 Å². The molecule has 8 heteroatoms. The third-order valence-electron chi connectivity index (χ3n) is 2.97. The van der Waals surface area contributed by atoms with E-state index in [0.29, 0.717) is 21.5 Å². The molecule has 1 aromatic carbocycles. The van der Waals surface area contributed by atoms with E-state index in [1.54, 1.807) is 41.8 Å². The highest BCUT2D eigenvalue weighted by Gasteiger charge is 2.13. The maximum absolute atomic E-state index is 12.0. The molecule has 0 atom stereocenters. The summed E-state index contributed by atoms with van der Waals surface area (Å²) >= 11 is 7.11. The van der Waals surface area contributed by atoms with Crippen molar-refractivity contribution < 1.29 is 14.0 Å². The van der Waals surface area contributed by atoms with E-state index in [1.165, 1.54) is 17.6 Å². The topological polar surface area (TPSA) is 84.2 Å². The molecule has 0 aliphatic heterocycles. The Kier molecular flexibility index (Phi) is 4.93. The Balaban J connectivity index is 1.57. The first-order chi connectivity index (χ1) is 11.6. The van der Waals surface area contributed by atoms with Gasteiger partial charge in [-0.15, -0.1) is 11.3 Å². The molecule has 0 aliphatic rings. The maximum Gasteiger partial charge on any atom is 0.293 e. The monoisotopic (exact) mass is 361 g/mol. The molecule has 0 unspecified atom stereocenters. The molecule has 0 spiro atoms. The second-order valence-corrected chi connectivity index (χ2v) is 6.11. The lowest BCUT2D eigenvalue weighted by molar-refractivity contribution is -0.115. The van der Waals surface area contributed by atoms with Crippen molar-refractivity contribution in [3.63, 3.8) is 0 Å². The number of carbonyl (C=O) groups is 2. The number of nitrogens with one attached hydrogen (secondary N) is 2. The van der Waals surface area contributed by atoms with Gasteiger partial charge in [-0.3, -0.25) is 14.9 Å². The number of anilines is 2. The minimum Gasteiger partial charge on any atom is -0.459 e. The number of thiazole rings is 1. The predicted octanol–water partition coefficient (Wildman–Crippen LogP) is 3.82. The summed E-state index contributed by atoms with van der Waals surface area (Å²) in [7, 11) is 0. The quantitative estimate of drug-likeness (QED) is 0.723. The van der Waals surface area contributed by atoms with Crippen LogP contribution in [0.25, 0.3) is 0 Å². The highest BCUT2D eigenvalue weighted by atomic mass is 35.5. The highest BCUT2D eigenvalue weighted by Crippen LogP contribution is 2.18. The number of carbonyl (C=O) groups excluding carboxylic acids is 2. The molecule has 6 nitrogen and oxygen atoms in total. The van der Waals surface area contributed by atoms with E-state index in [0.717, 1.165) is 0 Å². The van der Waals surface area contributed by atoms with Gasteiger partial charge < -0.3 is 9.73 Å². The van der Waals surface area contributed by atoms with Crippen LogP contribution in [0.15, 0.2) is 52.5 Å². The van der Waals surface area contributed by atoms with Gasteiger partial charge >= 0.3 is 0 Å². The van der Waals surface area contributed by atoms with Crippen LogP contribution in [0.4, 0.5) is 10.8 Å². The smallest absolute Gasteiger partial charge is 0.293 e. The van der Waals surface area contributed by atoms with Crippen LogP contribution in [-0.4, -0.2) is 16.8 Å². The van der Waals surface area contributed by atoms with E-state index in [9.17, 15) is 9.59 Å². The molecule has 2 heterocycles. The second-order valence-electron chi connectivity index (χ2n) is 4.81. The minimum absolute atomic E-state index is 0.0969. The summed E-state index contributed by atoms with van der Waals surface area (Å²) in [6.45, 7) is 0. The highest BCUT2D eigenvalue weighted by molar-refractivity contribution is 7.14. The van der Waals surface area contributed by atoms with Gasteiger partial charge in [0, 0.05) is 16.1 Å². The number of benzene rings is 1. The number of hydrogen-bond donors (Lipinski definition) is 2.